The number of hydrogen-bond donors (Lipinski definition) is 1. The van der Waals surface area contributed by atoms with Crippen LogP contribution in [0.3, 0.4) is 0 Å². The molecular weight excluding hydrogens is 280 g/mol. The predicted octanol–water partition coefficient (Wildman–Crippen LogP) is 5.34. The third kappa shape index (κ3) is 1.75. The van der Waals surface area contributed by atoms with Gasteiger partial charge in [0.15, 0.2) is 0 Å². The van der Waals surface area contributed by atoms with Gasteiger partial charge in [0.25, 0.3) is 0 Å². The van der Waals surface area contributed by atoms with Crippen LogP contribution < -0.4 is 0 Å². The quantitative estimate of drug-likeness (QED) is 0.621. The Bertz CT molecular complexity index is 702. The monoisotopic (exact) mass is 285 g/mol. The Morgan fingerprint density at radius 1 is 1.18 bits per heavy atom. The Kier molecular flexibility index (Phi) is 2.62. The van der Waals surface area contributed by atoms with Crippen LogP contribution in [0, 0.1) is 5.82 Å². The molecular formula is C12H6Cl2FNS. The van der Waals surface area contributed by atoms with E-state index >= 15 is 0 Å². The molecule has 0 fully saturated rings. The van der Waals surface area contributed by atoms with Gasteiger partial charge in [-0.1, -0.05) is 23.2 Å². The molecule has 0 aliphatic heterocycles. The standard InChI is InChI=1S/C12H6Cl2FNS/c13-11-10(7-3-4-17-12(7)14)8-5-6(15)1-2-9(8)16-11/h1-5,16H. The van der Waals surface area contributed by atoms with E-state index in [1.807, 2.05) is 11.4 Å². The second kappa shape index (κ2) is 4.02. The molecule has 1 N–H and O–H groups in total. The zero-order valence-electron chi connectivity index (χ0n) is 8.43. The van der Waals surface area contributed by atoms with Gasteiger partial charge in [0.05, 0.1) is 0 Å². The molecule has 0 saturated heterocycles. The highest BCUT2D eigenvalue weighted by Gasteiger charge is 2.15. The van der Waals surface area contributed by atoms with Crippen molar-refractivity contribution in [1.82, 2.24) is 4.98 Å². The maximum Gasteiger partial charge on any atom is 0.123 e. The number of H-pyrrole nitrogens is 1. The number of benzene rings is 1. The molecule has 3 aromatic rings. The van der Waals surface area contributed by atoms with Gasteiger partial charge < -0.3 is 4.98 Å². The fourth-order valence-electron chi connectivity index (χ4n) is 1.87. The topological polar surface area (TPSA) is 15.8 Å². The Hall–Kier alpha value is -1.03. The molecule has 1 aromatic carbocycles. The molecule has 17 heavy (non-hydrogen) atoms. The van der Waals surface area contributed by atoms with Crippen molar-refractivity contribution in [3.05, 3.63) is 45.0 Å². The molecule has 0 aliphatic carbocycles. The molecule has 0 spiro atoms. The minimum absolute atomic E-state index is 0.291. The summed E-state index contributed by atoms with van der Waals surface area (Å²) in [5.74, 6) is -0.291. The van der Waals surface area contributed by atoms with Crippen LogP contribution in [0.2, 0.25) is 9.49 Å². The molecule has 0 radical (unpaired) electrons. The second-order valence-electron chi connectivity index (χ2n) is 3.61. The third-order valence-corrected chi connectivity index (χ3v) is 4.06. The summed E-state index contributed by atoms with van der Waals surface area (Å²) < 4.78 is 13.9. The normalized spacial score (nSPS) is 11.2. The van der Waals surface area contributed by atoms with Crippen LogP contribution in [0.5, 0.6) is 0 Å². The van der Waals surface area contributed by atoms with E-state index in [-0.39, 0.29) is 5.82 Å². The van der Waals surface area contributed by atoms with Gasteiger partial charge >= 0.3 is 0 Å². The first-order chi connectivity index (χ1) is 8.16. The molecule has 0 saturated carbocycles. The van der Waals surface area contributed by atoms with E-state index in [1.54, 1.807) is 6.07 Å². The van der Waals surface area contributed by atoms with Crippen LogP contribution in [-0.2, 0) is 0 Å². The Labute approximate surface area is 111 Å². The summed E-state index contributed by atoms with van der Waals surface area (Å²) in [7, 11) is 0. The zero-order valence-corrected chi connectivity index (χ0v) is 10.8. The molecule has 5 heteroatoms. The summed E-state index contributed by atoms with van der Waals surface area (Å²) in [6, 6.07) is 6.40. The number of hydrogen-bond acceptors (Lipinski definition) is 1. The summed E-state index contributed by atoms with van der Waals surface area (Å²) in [5.41, 5.74) is 2.39. The molecule has 0 aliphatic rings. The van der Waals surface area contributed by atoms with E-state index in [2.05, 4.69) is 4.98 Å². The van der Waals surface area contributed by atoms with Gasteiger partial charge in [0.2, 0.25) is 0 Å². The molecule has 2 aromatic heterocycles. The van der Waals surface area contributed by atoms with Gasteiger partial charge in [-0.05, 0) is 29.6 Å². The van der Waals surface area contributed by atoms with Gasteiger partial charge in [-0.25, -0.2) is 4.39 Å². The van der Waals surface area contributed by atoms with Crippen LogP contribution in [0.25, 0.3) is 22.0 Å². The molecule has 0 amide bonds. The van der Waals surface area contributed by atoms with Gasteiger partial charge in [0, 0.05) is 22.0 Å². The fourth-order valence-corrected chi connectivity index (χ4v) is 3.10. The molecule has 1 nitrogen and oxygen atoms in total. The highest BCUT2D eigenvalue weighted by atomic mass is 35.5. The maximum atomic E-state index is 13.3. The molecule has 0 bridgehead atoms. The lowest BCUT2D eigenvalue weighted by Crippen LogP contribution is -1.75. The van der Waals surface area contributed by atoms with E-state index in [4.69, 9.17) is 23.2 Å². The summed E-state index contributed by atoms with van der Waals surface area (Å²) in [6.07, 6.45) is 0. The lowest BCUT2D eigenvalue weighted by atomic mass is 10.1. The third-order valence-electron chi connectivity index (χ3n) is 2.60. The van der Waals surface area contributed by atoms with Crippen molar-refractivity contribution in [2.45, 2.75) is 0 Å². The lowest BCUT2D eigenvalue weighted by Gasteiger charge is -1.98. The van der Waals surface area contributed by atoms with Crippen molar-refractivity contribution in [2.75, 3.05) is 0 Å². The summed E-state index contributed by atoms with van der Waals surface area (Å²) in [5, 5.41) is 3.10. The van der Waals surface area contributed by atoms with Gasteiger partial charge in [0.1, 0.15) is 15.3 Å². The van der Waals surface area contributed by atoms with Gasteiger partial charge in [-0.2, -0.15) is 0 Å². The van der Waals surface area contributed by atoms with Gasteiger partial charge in [-0.3, -0.25) is 0 Å². The van der Waals surface area contributed by atoms with E-state index in [9.17, 15) is 4.39 Å². The average Bonchev–Trinajstić information content (AvgIpc) is 2.81. The first kappa shape index (κ1) is 11.1. The molecule has 0 unspecified atom stereocenters. The number of nitrogens with one attached hydrogen (secondary N) is 1. The van der Waals surface area contributed by atoms with Crippen molar-refractivity contribution in [3.8, 4) is 11.1 Å². The summed E-state index contributed by atoms with van der Waals surface area (Å²) in [6.45, 7) is 0. The smallest absolute Gasteiger partial charge is 0.123 e. The van der Waals surface area contributed by atoms with E-state index in [0.717, 1.165) is 22.0 Å². The fraction of sp³-hybridized carbons (Fsp3) is 0. The first-order valence-corrected chi connectivity index (χ1v) is 6.50. The number of thiophene rings is 1. The molecule has 0 atom stereocenters. The average molecular weight is 286 g/mol. The number of aromatic amines is 1. The summed E-state index contributed by atoms with van der Waals surface area (Å²) >= 11 is 13.7. The Morgan fingerprint density at radius 2 is 2.00 bits per heavy atom. The highest BCUT2D eigenvalue weighted by Crippen LogP contribution is 2.41. The van der Waals surface area contributed by atoms with Crippen LogP contribution in [-0.4, -0.2) is 4.98 Å². The van der Waals surface area contributed by atoms with E-state index < -0.39 is 0 Å². The zero-order chi connectivity index (χ0) is 12.0. The number of aromatic nitrogens is 1. The van der Waals surface area contributed by atoms with E-state index in [1.165, 1.54) is 23.5 Å². The largest absolute Gasteiger partial charge is 0.345 e. The molecule has 86 valence electrons. The number of rotatable bonds is 1. The van der Waals surface area contributed by atoms with Crippen LogP contribution >= 0.6 is 34.5 Å². The minimum atomic E-state index is -0.291. The maximum absolute atomic E-state index is 13.3. The number of halogens is 3. The van der Waals surface area contributed by atoms with Crippen LogP contribution in [0.4, 0.5) is 4.39 Å². The molecule has 3 rings (SSSR count). The van der Waals surface area contributed by atoms with Crippen molar-refractivity contribution in [1.29, 1.82) is 0 Å². The molecule has 2 heterocycles. The lowest BCUT2D eigenvalue weighted by molar-refractivity contribution is 0.630. The van der Waals surface area contributed by atoms with Crippen molar-refractivity contribution >= 4 is 45.4 Å². The predicted molar refractivity (Wildman–Crippen MR) is 71.6 cm³/mol. The van der Waals surface area contributed by atoms with Crippen LogP contribution in [0.15, 0.2) is 29.6 Å². The van der Waals surface area contributed by atoms with Crippen molar-refractivity contribution in [2.24, 2.45) is 0 Å². The Morgan fingerprint density at radius 3 is 2.71 bits per heavy atom. The van der Waals surface area contributed by atoms with Crippen molar-refractivity contribution in [3.63, 3.8) is 0 Å². The second-order valence-corrected chi connectivity index (χ2v) is 5.51. The number of fused-ring (bicyclic) bond motifs is 1. The van der Waals surface area contributed by atoms with E-state index in [0.29, 0.717) is 9.49 Å². The highest BCUT2D eigenvalue weighted by molar-refractivity contribution is 7.15. The van der Waals surface area contributed by atoms with Crippen molar-refractivity contribution < 1.29 is 4.39 Å². The first-order valence-electron chi connectivity index (χ1n) is 4.87. The Balaban J connectivity index is 2.39. The minimum Gasteiger partial charge on any atom is -0.345 e. The van der Waals surface area contributed by atoms with Crippen LogP contribution in [0.1, 0.15) is 0 Å². The van der Waals surface area contributed by atoms with Gasteiger partial charge in [-0.15, -0.1) is 11.3 Å². The summed E-state index contributed by atoms with van der Waals surface area (Å²) in [4.78, 5) is 3.01. The SMILES string of the molecule is Fc1ccc2[nH]c(Cl)c(-c3ccsc3Cl)c2c1.